The molecule has 6 heteroatoms. The molecule has 0 amide bonds. The predicted octanol–water partition coefficient (Wildman–Crippen LogP) is 0.688. The van der Waals surface area contributed by atoms with Crippen LogP contribution in [0.4, 0.5) is 0 Å². The van der Waals surface area contributed by atoms with E-state index < -0.39 is 0 Å². The minimum atomic E-state index is -0.272. The van der Waals surface area contributed by atoms with Gasteiger partial charge in [-0.25, -0.2) is 0 Å². The summed E-state index contributed by atoms with van der Waals surface area (Å²) < 4.78 is 23.5. The van der Waals surface area contributed by atoms with Crippen LogP contribution in [0.5, 0.6) is 0 Å². The highest BCUT2D eigenvalue weighted by Gasteiger charge is 2.47. The first-order valence-corrected chi connectivity index (χ1v) is 7.61. The van der Waals surface area contributed by atoms with Crippen LogP contribution in [0, 0.1) is 16.2 Å². The van der Waals surface area contributed by atoms with E-state index >= 15 is 0 Å². The van der Waals surface area contributed by atoms with Gasteiger partial charge in [0.05, 0.1) is 31.8 Å². The Morgan fingerprint density at radius 2 is 1.05 bits per heavy atom. The second-order valence-corrected chi connectivity index (χ2v) is 7.79. The number of ether oxygens (including phenoxy) is 4. The number of hydrogen-bond acceptors (Lipinski definition) is 6. The molecular formula is C15H30N2O4. The lowest BCUT2D eigenvalue weighted by Gasteiger charge is -2.48. The molecule has 2 rings (SSSR count). The third kappa shape index (κ3) is 3.57. The van der Waals surface area contributed by atoms with Crippen LogP contribution in [0.25, 0.3) is 0 Å². The van der Waals surface area contributed by atoms with Crippen LogP contribution in [-0.4, -0.2) is 52.1 Å². The average molecular weight is 302 g/mol. The maximum atomic E-state index is 5.89. The highest BCUT2D eigenvalue weighted by molar-refractivity contribution is 4.89. The van der Waals surface area contributed by atoms with E-state index in [2.05, 4.69) is 0 Å². The Hall–Kier alpha value is -0.240. The first-order valence-electron chi connectivity index (χ1n) is 7.61. The average Bonchev–Trinajstić information content (AvgIpc) is 2.48. The van der Waals surface area contributed by atoms with Crippen molar-refractivity contribution in [2.75, 3.05) is 39.5 Å². The SMILES string of the molecule is CC(C)(CN)C1OCC2(CO1)COC(C(C)(C)CN)OC2. The van der Waals surface area contributed by atoms with Gasteiger partial charge < -0.3 is 30.4 Å². The largest absolute Gasteiger partial charge is 0.351 e. The zero-order valence-corrected chi connectivity index (χ0v) is 13.7. The van der Waals surface area contributed by atoms with E-state index in [9.17, 15) is 0 Å². The van der Waals surface area contributed by atoms with Gasteiger partial charge in [-0.2, -0.15) is 0 Å². The molecule has 0 unspecified atom stereocenters. The summed E-state index contributed by atoms with van der Waals surface area (Å²) in [7, 11) is 0. The van der Waals surface area contributed by atoms with Gasteiger partial charge in [0.15, 0.2) is 12.6 Å². The van der Waals surface area contributed by atoms with Crippen LogP contribution < -0.4 is 11.5 Å². The first-order chi connectivity index (χ1) is 9.75. The van der Waals surface area contributed by atoms with Crippen LogP contribution >= 0.6 is 0 Å². The Labute approximate surface area is 127 Å². The summed E-state index contributed by atoms with van der Waals surface area (Å²) in [5.74, 6) is 0. The van der Waals surface area contributed by atoms with Gasteiger partial charge in [0.2, 0.25) is 0 Å². The summed E-state index contributed by atoms with van der Waals surface area (Å²) in [5.41, 5.74) is 10.9. The van der Waals surface area contributed by atoms with E-state index in [0.29, 0.717) is 39.5 Å². The molecule has 1 spiro atoms. The van der Waals surface area contributed by atoms with Crippen LogP contribution in [-0.2, 0) is 18.9 Å². The molecule has 2 fully saturated rings. The number of rotatable bonds is 4. The predicted molar refractivity (Wildman–Crippen MR) is 79.5 cm³/mol. The molecule has 0 aromatic carbocycles. The molecule has 2 saturated heterocycles. The zero-order valence-electron chi connectivity index (χ0n) is 13.7. The summed E-state index contributed by atoms with van der Waals surface area (Å²) >= 11 is 0. The lowest BCUT2D eigenvalue weighted by molar-refractivity contribution is -0.332. The van der Waals surface area contributed by atoms with Crippen molar-refractivity contribution >= 4 is 0 Å². The van der Waals surface area contributed by atoms with Gasteiger partial charge in [0.1, 0.15) is 0 Å². The van der Waals surface area contributed by atoms with Gasteiger partial charge >= 0.3 is 0 Å². The first kappa shape index (κ1) is 17.1. The van der Waals surface area contributed by atoms with E-state index in [0.717, 1.165) is 0 Å². The maximum absolute atomic E-state index is 5.89. The van der Waals surface area contributed by atoms with Crippen molar-refractivity contribution in [1.82, 2.24) is 0 Å². The molecule has 0 bridgehead atoms. The van der Waals surface area contributed by atoms with Crippen molar-refractivity contribution in [2.45, 2.75) is 40.3 Å². The lowest BCUT2D eigenvalue weighted by atomic mass is 9.86. The van der Waals surface area contributed by atoms with E-state index in [-0.39, 0.29) is 28.8 Å². The second-order valence-electron chi connectivity index (χ2n) is 7.79. The minimum Gasteiger partial charge on any atom is -0.351 e. The highest BCUT2D eigenvalue weighted by atomic mass is 16.7. The van der Waals surface area contributed by atoms with Crippen molar-refractivity contribution in [1.29, 1.82) is 0 Å². The molecule has 0 aromatic heterocycles. The highest BCUT2D eigenvalue weighted by Crippen LogP contribution is 2.37. The summed E-state index contributed by atoms with van der Waals surface area (Å²) in [4.78, 5) is 0. The topological polar surface area (TPSA) is 89.0 Å². The van der Waals surface area contributed by atoms with E-state index in [1.807, 2.05) is 27.7 Å². The molecule has 0 aliphatic carbocycles. The van der Waals surface area contributed by atoms with E-state index in [1.165, 1.54) is 0 Å². The summed E-state index contributed by atoms with van der Waals surface area (Å²) in [6.45, 7) is 11.5. The lowest BCUT2D eigenvalue weighted by Crippen LogP contribution is -2.57. The maximum Gasteiger partial charge on any atom is 0.163 e. The third-order valence-corrected chi connectivity index (χ3v) is 4.49. The fourth-order valence-corrected chi connectivity index (χ4v) is 2.45. The van der Waals surface area contributed by atoms with Gasteiger partial charge in [-0.3, -0.25) is 0 Å². The Morgan fingerprint density at radius 3 is 1.29 bits per heavy atom. The Morgan fingerprint density at radius 1 is 0.762 bits per heavy atom. The molecule has 124 valence electrons. The van der Waals surface area contributed by atoms with Gasteiger partial charge in [-0.1, -0.05) is 27.7 Å². The molecule has 0 saturated carbocycles. The van der Waals surface area contributed by atoms with Gasteiger partial charge in [0.25, 0.3) is 0 Å². The van der Waals surface area contributed by atoms with Crippen molar-refractivity contribution in [3.05, 3.63) is 0 Å². The third-order valence-electron chi connectivity index (χ3n) is 4.49. The van der Waals surface area contributed by atoms with Crippen LogP contribution in [0.1, 0.15) is 27.7 Å². The standard InChI is InChI=1S/C15H30N2O4/c1-13(2,5-16)11-18-7-15(8-19-11)9-20-12(21-10-15)14(3,4)6-17/h11-12H,5-10,16-17H2,1-4H3. The van der Waals surface area contributed by atoms with E-state index in [1.54, 1.807) is 0 Å². The summed E-state index contributed by atoms with van der Waals surface area (Å²) in [6.07, 6.45) is -0.544. The molecule has 0 atom stereocenters. The number of hydrogen-bond donors (Lipinski definition) is 2. The summed E-state index contributed by atoms with van der Waals surface area (Å²) in [6, 6.07) is 0. The molecule has 0 radical (unpaired) electrons. The second kappa shape index (κ2) is 6.10. The Balaban J connectivity index is 1.89. The van der Waals surface area contributed by atoms with Crippen molar-refractivity contribution in [3.8, 4) is 0 Å². The number of nitrogens with two attached hydrogens (primary N) is 2. The van der Waals surface area contributed by atoms with Gasteiger partial charge in [-0.15, -0.1) is 0 Å². The van der Waals surface area contributed by atoms with Gasteiger partial charge in [-0.05, 0) is 0 Å². The van der Waals surface area contributed by atoms with E-state index in [4.69, 9.17) is 30.4 Å². The van der Waals surface area contributed by atoms with Crippen LogP contribution in [0.15, 0.2) is 0 Å². The fourth-order valence-electron chi connectivity index (χ4n) is 2.45. The normalized spacial score (nSPS) is 35.1. The Bertz CT molecular complexity index is 306. The van der Waals surface area contributed by atoms with Crippen LogP contribution in [0.2, 0.25) is 0 Å². The van der Waals surface area contributed by atoms with Crippen molar-refractivity contribution in [3.63, 3.8) is 0 Å². The van der Waals surface area contributed by atoms with Gasteiger partial charge in [0, 0.05) is 23.9 Å². The molecular weight excluding hydrogens is 272 g/mol. The molecule has 2 aliphatic rings. The molecule has 2 aliphatic heterocycles. The monoisotopic (exact) mass is 302 g/mol. The van der Waals surface area contributed by atoms with Crippen LogP contribution in [0.3, 0.4) is 0 Å². The molecule has 4 N–H and O–H groups in total. The molecule has 2 heterocycles. The Kier molecular flexibility index (Phi) is 4.97. The fraction of sp³-hybridized carbons (Fsp3) is 1.00. The molecule has 0 aromatic rings. The molecule has 21 heavy (non-hydrogen) atoms. The van der Waals surface area contributed by atoms with Crippen molar-refractivity contribution in [2.24, 2.45) is 27.7 Å². The quantitative estimate of drug-likeness (QED) is 0.794. The smallest absolute Gasteiger partial charge is 0.163 e. The molecule has 6 nitrogen and oxygen atoms in total. The summed E-state index contributed by atoms with van der Waals surface area (Å²) in [5, 5.41) is 0. The minimum absolute atomic E-state index is 0.192. The zero-order chi connectivity index (χ0) is 15.7. The van der Waals surface area contributed by atoms with Crippen molar-refractivity contribution < 1.29 is 18.9 Å².